The van der Waals surface area contributed by atoms with Crippen LogP contribution in [-0.4, -0.2) is 27.1 Å². The van der Waals surface area contributed by atoms with Crippen LogP contribution in [-0.2, 0) is 0 Å². The minimum absolute atomic E-state index is 0.153. The summed E-state index contributed by atoms with van der Waals surface area (Å²) >= 11 is 4.97. The molecule has 0 bridgehead atoms. The normalized spacial score (nSPS) is 10.9. The first-order chi connectivity index (χ1) is 10.7. The Morgan fingerprint density at radius 3 is 2.82 bits per heavy atom. The van der Waals surface area contributed by atoms with E-state index in [2.05, 4.69) is 15.3 Å². The Bertz CT molecular complexity index is 847. The average molecular weight is 314 g/mol. The van der Waals surface area contributed by atoms with Gasteiger partial charge in [-0.3, -0.25) is 5.10 Å². The number of hydrogen-bond donors (Lipinski definition) is 1. The minimum Gasteiger partial charge on any atom is -0.457 e. The maximum Gasteiger partial charge on any atom is 0.379 e. The molecule has 0 atom stereocenters. The maximum atomic E-state index is 11.7. The number of H-pyrrole nitrogens is 1. The Hall–Kier alpha value is -3.00. The van der Waals surface area contributed by atoms with Gasteiger partial charge in [-0.05, 0) is 54.2 Å². The van der Waals surface area contributed by atoms with Crippen molar-refractivity contribution in [2.75, 3.05) is 0 Å². The highest BCUT2D eigenvalue weighted by Crippen LogP contribution is 2.14. The number of carbonyl (C=O) groups is 1. The summed E-state index contributed by atoms with van der Waals surface area (Å²) in [6.45, 7) is 0. The molecule has 0 aliphatic rings. The first-order valence-corrected chi connectivity index (χ1v) is 6.65. The molecule has 1 N–H and O–H groups in total. The predicted octanol–water partition coefficient (Wildman–Crippen LogP) is 2.64. The lowest BCUT2D eigenvalue weighted by Crippen LogP contribution is -2.07. The average Bonchev–Trinajstić information content (AvgIpc) is 3.18. The monoisotopic (exact) mass is 314 g/mol. The van der Waals surface area contributed by atoms with Crippen LogP contribution in [0.1, 0.15) is 16.1 Å². The van der Waals surface area contributed by atoms with Crippen LogP contribution in [0.25, 0.3) is 0 Å². The molecule has 3 rings (SSSR count). The molecule has 7 nitrogen and oxygen atoms in total. The van der Waals surface area contributed by atoms with Gasteiger partial charge in [-0.25, -0.2) is 4.79 Å². The third-order valence-corrected chi connectivity index (χ3v) is 2.96. The van der Waals surface area contributed by atoms with Gasteiger partial charge < -0.3 is 9.15 Å². The molecule has 0 aliphatic heterocycles. The Balaban J connectivity index is 1.68. The van der Waals surface area contributed by atoms with E-state index in [1.54, 1.807) is 36.5 Å². The van der Waals surface area contributed by atoms with E-state index in [0.717, 1.165) is 5.56 Å². The van der Waals surface area contributed by atoms with E-state index in [0.29, 0.717) is 10.5 Å². The lowest BCUT2D eigenvalue weighted by Gasteiger charge is -2.02. The Morgan fingerprint density at radius 1 is 1.36 bits per heavy atom. The van der Waals surface area contributed by atoms with E-state index in [9.17, 15) is 4.79 Å². The molecule has 0 amide bonds. The number of nitrogens with one attached hydrogen (secondary N) is 1. The van der Waals surface area contributed by atoms with Gasteiger partial charge in [0.1, 0.15) is 12.1 Å². The van der Waals surface area contributed by atoms with Crippen molar-refractivity contribution in [2.45, 2.75) is 0 Å². The fourth-order valence-electron chi connectivity index (χ4n) is 1.63. The summed E-state index contributed by atoms with van der Waals surface area (Å²) < 4.78 is 12.0. The highest BCUT2D eigenvalue weighted by molar-refractivity contribution is 7.71. The van der Waals surface area contributed by atoms with Gasteiger partial charge in [0.2, 0.25) is 10.5 Å². The highest BCUT2D eigenvalue weighted by Gasteiger charge is 2.10. The number of nitrogens with zero attached hydrogens (tertiary/aromatic N) is 3. The van der Waals surface area contributed by atoms with Crippen molar-refractivity contribution in [3.8, 4) is 5.75 Å². The van der Waals surface area contributed by atoms with Gasteiger partial charge in [0.25, 0.3) is 0 Å². The van der Waals surface area contributed by atoms with Gasteiger partial charge in [0.15, 0.2) is 0 Å². The minimum atomic E-state index is -0.545. The number of benzene rings is 1. The van der Waals surface area contributed by atoms with Crippen molar-refractivity contribution in [3.05, 3.63) is 65.1 Å². The van der Waals surface area contributed by atoms with Crippen LogP contribution in [0.2, 0.25) is 0 Å². The van der Waals surface area contributed by atoms with Crippen molar-refractivity contribution in [3.63, 3.8) is 0 Å². The molecule has 2 heterocycles. The van der Waals surface area contributed by atoms with E-state index >= 15 is 0 Å². The molecular formula is C14H10N4O3S. The number of rotatable bonds is 4. The van der Waals surface area contributed by atoms with Crippen LogP contribution >= 0.6 is 12.2 Å². The molecule has 0 unspecified atom stereocenters. The summed E-state index contributed by atoms with van der Waals surface area (Å²) in [6, 6.07) is 10.0. The van der Waals surface area contributed by atoms with E-state index in [4.69, 9.17) is 21.4 Å². The number of hydrogen-bond acceptors (Lipinski definition) is 6. The van der Waals surface area contributed by atoms with Gasteiger partial charge in [0.05, 0.1) is 12.5 Å². The smallest absolute Gasteiger partial charge is 0.379 e. The van der Waals surface area contributed by atoms with Gasteiger partial charge in [-0.15, -0.1) is 0 Å². The molecule has 0 radical (unpaired) electrons. The Kier molecular flexibility index (Phi) is 3.92. The first kappa shape index (κ1) is 14.0. The molecule has 110 valence electrons. The van der Waals surface area contributed by atoms with Gasteiger partial charge in [0, 0.05) is 0 Å². The quantitative estimate of drug-likeness (QED) is 0.346. The van der Waals surface area contributed by atoms with E-state index < -0.39 is 5.97 Å². The topological polar surface area (TPSA) is 85.4 Å². The lowest BCUT2D eigenvalue weighted by molar-refractivity contribution is 0.0701. The molecule has 0 spiro atoms. The van der Waals surface area contributed by atoms with Gasteiger partial charge in [-0.2, -0.15) is 14.9 Å². The maximum absolute atomic E-state index is 11.7. The Labute approximate surface area is 129 Å². The summed E-state index contributed by atoms with van der Waals surface area (Å²) in [5, 5.41) is 10.5. The van der Waals surface area contributed by atoms with Crippen molar-refractivity contribution in [1.82, 2.24) is 14.9 Å². The van der Waals surface area contributed by atoms with E-state index in [-0.39, 0.29) is 5.76 Å². The largest absolute Gasteiger partial charge is 0.457 e. The molecule has 2 aromatic heterocycles. The zero-order valence-corrected chi connectivity index (χ0v) is 12.0. The first-order valence-electron chi connectivity index (χ1n) is 6.24. The zero-order chi connectivity index (χ0) is 15.4. The number of furan rings is 1. The standard InChI is InChI=1S/C14H10N4O3S/c19-13(12-2-1-7-20-12)21-11-5-3-10(4-6-11)8-16-18-9-15-17-14(18)22/h1-9H,(H,17,22)/b16-8+. The number of carbonyl (C=O) groups excluding carboxylic acids is 1. The second-order valence-corrected chi connectivity index (χ2v) is 4.57. The number of aromatic nitrogens is 3. The molecule has 22 heavy (non-hydrogen) atoms. The number of aromatic amines is 1. The van der Waals surface area contributed by atoms with Crippen LogP contribution in [0, 0.1) is 4.77 Å². The van der Waals surface area contributed by atoms with Crippen LogP contribution in [0.3, 0.4) is 0 Å². The summed E-state index contributed by atoms with van der Waals surface area (Å²) in [5.74, 6) is 0.0227. The van der Waals surface area contributed by atoms with Crippen molar-refractivity contribution in [1.29, 1.82) is 0 Å². The molecular weight excluding hydrogens is 304 g/mol. The molecule has 0 aliphatic carbocycles. The Morgan fingerprint density at radius 2 is 2.18 bits per heavy atom. The van der Waals surface area contributed by atoms with E-state index in [1.807, 2.05) is 0 Å². The summed E-state index contributed by atoms with van der Waals surface area (Å²) in [4.78, 5) is 11.7. The van der Waals surface area contributed by atoms with E-state index in [1.165, 1.54) is 23.3 Å². The third kappa shape index (κ3) is 3.18. The van der Waals surface area contributed by atoms with Crippen LogP contribution in [0.4, 0.5) is 0 Å². The predicted molar refractivity (Wildman–Crippen MR) is 80.5 cm³/mol. The molecule has 8 heteroatoms. The van der Waals surface area contributed by atoms with Crippen molar-refractivity contribution < 1.29 is 13.9 Å². The molecule has 3 aromatic rings. The number of ether oxygens (including phenoxy) is 1. The fourth-order valence-corrected chi connectivity index (χ4v) is 1.77. The van der Waals surface area contributed by atoms with Gasteiger partial charge in [-0.1, -0.05) is 0 Å². The summed E-state index contributed by atoms with van der Waals surface area (Å²) in [5.41, 5.74) is 0.820. The second kappa shape index (κ2) is 6.19. The SMILES string of the molecule is O=C(Oc1ccc(/C=N/n2cn[nH]c2=S)cc1)c1ccco1. The summed E-state index contributed by atoms with van der Waals surface area (Å²) in [6.07, 6.45) is 4.50. The van der Waals surface area contributed by atoms with Crippen LogP contribution < -0.4 is 4.74 Å². The van der Waals surface area contributed by atoms with Crippen molar-refractivity contribution in [2.24, 2.45) is 5.10 Å². The highest BCUT2D eigenvalue weighted by atomic mass is 32.1. The molecule has 0 fully saturated rings. The lowest BCUT2D eigenvalue weighted by atomic mass is 10.2. The molecule has 1 aromatic carbocycles. The number of esters is 1. The fraction of sp³-hybridized carbons (Fsp3) is 0. The third-order valence-electron chi connectivity index (χ3n) is 2.68. The summed E-state index contributed by atoms with van der Waals surface area (Å²) in [7, 11) is 0. The molecule has 0 saturated heterocycles. The van der Waals surface area contributed by atoms with Crippen molar-refractivity contribution >= 4 is 24.4 Å². The second-order valence-electron chi connectivity index (χ2n) is 4.19. The van der Waals surface area contributed by atoms with Crippen LogP contribution in [0.5, 0.6) is 5.75 Å². The molecule has 0 saturated carbocycles. The zero-order valence-electron chi connectivity index (χ0n) is 11.2. The van der Waals surface area contributed by atoms with Gasteiger partial charge >= 0.3 is 5.97 Å². The van der Waals surface area contributed by atoms with Crippen LogP contribution in [0.15, 0.2) is 58.5 Å².